The third-order valence-electron chi connectivity index (χ3n) is 2.97. The summed E-state index contributed by atoms with van der Waals surface area (Å²) in [6, 6.07) is 3.76. The highest BCUT2D eigenvalue weighted by Crippen LogP contribution is 2.31. The van der Waals surface area contributed by atoms with E-state index in [0.717, 1.165) is 10.6 Å². The van der Waals surface area contributed by atoms with Gasteiger partial charge in [-0.25, -0.2) is 14.3 Å². The van der Waals surface area contributed by atoms with Crippen molar-refractivity contribution in [1.29, 1.82) is 0 Å². The van der Waals surface area contributed by atoms with Crippen LogP contribution in [0.4, 0.5) is 14.9 Å². The number of rotatable bonds is 2. The van der Waals surface area contributed by atoms with Gasteiger partial charge in [-0.15, -0.1) is 0 Å². The fraction of sp³-hybridized carbons (Fsp3) is 0.333. The van der Waals surface area contributed by atoms with Gasteiger partial charge in [-0.05, 0) is 33.8 Å². The average molecular weight is 321 g/mol. The monoisotopic (exact) mass is 321 g/mol. The summed E-state index contributed by atoms with van der Waals surface area (Å²) in [5.74, 6) is -1.02. The maximum absolute atomic E-state index is 14.4. The van der Waals surface area contributed by atoms with Crippen LogP contribution in [0.25, 0.3) is 11.3 Å². The minimum atomic E-state index is -1.02. The van der Waals surface area contributed by atoms with Crippen LogP contribution in [0.5, 0.6) is 0 Å². The van der Waals surface area contributed by atoms with E-state index in [-0.39, 0.29) is 11.3 Å². The van der Waals surface area contributed by atoms with E-state index in [1.54, 1.807) is 27.7 Å². The summed E-state index contributed by atoms with van der Waals surface area (Å²) < 4.78 is 20.7. The molecule has 2 aromatic rings. The number of nitro groups is 1. The number of nitro benzene ring substituents is 1. The van der Waals surface area contributed by atoms with Gasteiger partial charge in [-0.3, -0.25) is 10.1 Å². The van der Waals surface area contributed by atoms with E-state index >= 15 is 0 Å². The van der Waals surface area contributed by atoms with Crippen molar-refractivity contribution in [3.63, 3.8) is 0 Å². The zero-order valence-electron chi connectivity index (χ0n) is 13.2. The van der Waals surface area contributed by atoms with Gasteiger partial charge in [0.15, 0.2) is 0 Å². The first-order valence-electron chi connectivity index (χ1n) is 6.82. The van der Waals surface area contributed by atoms with Crippen molar-refractivity contribution >= 4 is 11.8 Å². The van der Waals surface area contributed by atoms with E-state index in [1.807, 2.05) is 0 Å². The van der Waals surface area contributed by atoms with E-state index < -0.39 is 28.1 Å². The number of aryl methyl sites for hydroxylation is 1. The van der Waals surface area contributed by atoms with Gasteiger partial charge >= 0.3 is 11.8 Å². The van der Waals surface area contributed by atoms with Gasteiger partial charge in [0, 0.05) is 11.6 Å². The van der Waals surface area contributed by atoms with Crippen molar-refractivity contribution in [1.82, 2.24) is 9.55 Å². The predicted molar refractivity (Wildman–Crippen MR) is 80.6 cm³/mol. The van der Waals surface area contributed by atoms with Crippen molar-refractivity contribution in [3.8, 4) is 11.3 Å². The lowest BCUT2D eigenvalue weighted by molar-refractivity contribution is -0.387. The Kier molecular flexibility index (Phi) is 4.18. The predicted octanol–water partition coefficient (Wildman–Crippen LogP) is 3.69. The van der Waals surface area contributed by atoms with E-state index in [4.69, 9.17) is 4.74 Å². The number of ether oxygens (including phenoxy) is 1. The Labute approximate surface area is 131 Å². The van der Waals surface area contributed by atoms with Gasteiger partial charge in [0.2, 0.25) is 5.82 Å². The van der Waals surface area contributed by atoms with Crippen LogP contribution in [0.1, 0.15) is 26.5 Å². The van der Waals surface area contributed by atoms with Crippen molar-refractivity contribution in [2.75, 3.05) is 0 Å². The molecule has 2 rings (SSSR count). The lowest BCUT2D eigenvalue weighted by atomic mass is 10.1. The molecule has 0 unspecified atom stereocenters. The molecular weight excluding hydrogens is 305 g/mol. The molecule has 0 saturated heterocycles. The summed E-state index contributed by atoms with van der Waals surface area (Å²) in [7, 11) is 0. The van der Waals surface area contributed by atoms with Crippen LogP contribution in [0.3, 0.4) is 0 Å². The highest BCUT2D eigenvalue weighted by molar-refractivity contribution is 5.80. The minimum absolute atomic E-state index is 0.0833. The van der Waals surface area contributed by atoms with E-state index in [2.05, 4.69) is 4.98 Å². The molecule has 23 heavy (non-hydrogen) atoms. The van der Waals surface area contributed by atoms with Crippen molar-refractivity contribution < 1.29 is 18.8 Å². The molecule has 0 spiro atoms. The lowest BCUT2D eigenvalue weighted by Crippen LogP contribution is -2.27. The summed E-state index contributed by atoms with van der Waals surface area (Å²) in [5.41, 5.74) is -1.01. The molecule has 7 nitrogen and oxygen atoms in total. The van der Waals surface area contributed by atoms with Gasteiger partial charge in [-0.1, -0.05) is 6.07 Å². The van der Waals surface area contributed by atoms with Gasteiger partial charge in [0.1, 0.15) is 11.9 Å². The zero-order chi connectivity index (χ0) is 17.4. The number of carbonyl (C=O) groups is 1. The summed E-state index contributed by atoms with van der Waals surface area (Å²) in [4.78, 5) is 26.3. The molecule has 0 radical (unpaired) electrons. The molecular formula is C15H16FN3O4. The van der Waals surface area contributed by atoms with E-state index in [0.29, 0.717) is 5.69 Å². The molecule has 0 N–H and O–H groups in total. The molecule has 1 heterocycles. The van der Waals surface area contributed by atoms with Crippen LogP contribution in [0, 0.1) is 22.9 Å². The van der Waals surface area contributed by atoms with Crippen LogP contribution in [0.2, 0.25) is 0 Å². The Bertz CT molecular complexity index is 778. The van der Waals surface area contributed by atoms with Crippen LogP contribution in [-0.4, -0.2) is 26.2 Å². The molecule has 8 heteroatoms. The zero-order valence-corrected chi connectivity index (χ0v) is 13.2. The molecule has 0 bridgehead atoms. The number of carbonyl (C=O) groups excluding carboxylic acids is 1. The van der Waals surface area contributed by atoms with Crippen LogP contribution >= 0.6 is 0 Å². The number of benzene rings is 1. The Hall–Kier alpha value is -2.77. The molecule has 1 aromatic carbocycles. The number of imidazole rings is 1. The topological polar surface area (TPSA) is 87.3 Å². The maximum Gasteiger partial charge on any atom is 0.420 e. The van der Waals surface area contributed by atoms with Crippen molar-refractivity contribution in [2.24, 2.45) is 0 Å². The third-order valence-corrected chi connectivity index (χ3v) is 2.97. The Morgan fingerprint density at radius 3 is 2.61 bits per heavy atom. The number of hydrogen-bond donors (Lipinski definition) is 0. The highest BCUT2D eigenvalue weighted by Gasteiger charge is 2.26. The van der Waals surface area contributed by atoms with Crippen molar-refractivity contribution in [2.45, 2.75) is 33.3 Å². The molecule has 0 atom stereocenters. The largest absolute Gasteiger partial charge is 0.443 e. The summed E-state index contributed by atoms with van der Waals surface area (Å²) in [6.07, 6.45) is 0.468. The number of halogens is 1. The molecule has 0 fully saturated rings. The standard InChI is InChI=1S/C15H16FN3O4/c1-9-13(10-6-5-7-11(12(10)16)19(21)22)18(8-17-9)14(20)23-15(2,3)4/h5-8H,1-4H3. The van der Waals surface area contributed by atoms with Crippen LogP contribution < -0.4 is 0 Å². The molecule has 0 saturated carbocycles. The second kappa shape index (κ2) is 5.79. The number of nitrogens with zero attached hydrogens (tertiary/aromatic N) is 3. The molecule has 0 amide bonds. The Morgan fingerprint density at radius 1 is 1.39 bits per heavy atom. The average Bonchev–Trinajstić information content (AvgIpc) is 2.78. The quantitative estimate of drug-likeness (QED) is 0.622. The lowest BCUT2D eigenvalue weighted by Gasteiger charge is -2.20. The first kappa shape index (κ1) is 16.6. The SMILES string of the molecule is Cc1ncn(C(=O)OC(C)(C)C)c1-c1cccc([N+](=O)[O-])c1F. The fourth-order valence-corrected chi connectivity index (χ4v) is 2.06. The summed E-state index contributed by atoms with van der Waals surface area (Å²) in [6.45, 7) is 6.67. The van der Waals surface area contributed by atoms with Crippen LogP contribution in [-0.2, 0) is 4.74 Å². The van der Waals surface area contributed by atoms with E-state index in [1.165, 1.54) is 18.5 Å². The van der Waals surface area contributed by atoms with Crippen LogP contribution in [0.15, 0.2) is 24.5 Å². The summed E-state index contributed by atoms with van der Waals surface area (Å²) >= 11 is 0. The van der Waals surface area contributed by atoms with Gasteiger partial charge in [-0.2, -0.15) is 4.39 Å². The molecule has 0 aliphatic heterocycles. The first-order chi connectivity index (χ1) is 10.6. The second-order valence-electron chi connectivity index (χ2n) is 5.92. The fourth-order valence-electron chi connectivity index (χ4n) is 2.06. The Morgan fingerprint density at radius 2 is 2.04 bits per heavy atom. The van der Waals surface area contributed by atoms with Gasteiger partial charge < -0.3 is 4.74 Å². The minimum Gasteiger partial charge on any atom is -0.443 e. The number of aromatic nitrogens is 2. The van der Waals surface area contributed by atoms with Gasteiger partial charge in [0.05, 0.1) is 16.3 Å². The molecule has 0 aliphatic carbocycles. The molecule has 1 aromatic heterocycles. The second-order valence-corrected chi connectivity index (χ2v) is 5.92. The molecule has 0 aliphatic rings. The van der Waals surface area contributed by atoms with Gasteiger partial charge in [0.25, 0.3) is 0 Å². The Balaban J connectivity index is 2.58. The summed E-state index contributed by atoms with van der Waals surface area (Å²) in [5, 5.41) is 10.9. The number of hydrogen-bond acceptors (Lipinski definition) is 5. The van der Waals surface area contributed by atoms with E-state index in [9.17, 15) is 19.3 Å². The third kappa shape index (κ3) is 3.36. The smallest absolute Gasteiger partial charge is 0.420 e. The molecule has 122 valence electrons. The first-order valence-corrected chi connectivity index (χ1v) is 6.82. The normalized spacial score (nSPS) is 11.3. The van der Waals surface area contributed by atoms with Crippen molar-refractivity contribution in [3.05, 3.63) is 46.2 Å². The highest BCUT2D eigenvalue weighted by atomic mass is 19.1. The maximum atomic E-state index is 14.4.